The molecule has 170 valence electrons. The lowest BCUT2D eigenvalue weighted by atomic mass is 10.2. The number of fused-ring (bicyclic) bond motifs is 1. The molecule has 13 heteroatoms. The largest absolute Gasteiger partial charge is 0.283 e. The molecular formula is C21H12BrN5O5S2. The zero-order valence-electron chi connectivity index (χ0n) is 16.9. The number of hydrazone groups is 1. The van der Waals surface area contributed by atoms with Gasteiger partial charge in [0, 0.05) is 33.8 Å². The Morgan fingerprint density at radius 3 is 2.65 bits per heavy atom. The zero-order valence-corrected chi connectivity index (χ0v) is 20.1. The highest BCUT2D eigenvalue weighted by atomic mass is 79.9. The fourth-order valence-corrected chi connectivity index (χ4v) is 5.39. The molecular weight excluding hydrogens is 546 g/mol. The molecule has 1 aromatic heterocycles. The summed E-state index contributed by atoms with van der Waals surface area (Å²) in [6.07, 6.45) is 1.31. The van der Waals surface area contributed by atoms with Crippen molar-refractivity contribution in [3.63, 3.8) is 0 Å². The van der Waals surface area contributed by atoms with Crippen LogP contribution in [0.25, 0.3) is 10.2 Å². The van der Waals surface area contributed by atoms with Crippen molar-refractivity contribution in [1.82, 2.24) is 10.4 Å². The number of rotatable bonds is 7. The predicted molar refractivity (Wildman–Crippen MR) is 133 cm³/mol. The maximum absolute atomic E-state index is 12.2. The zero-order chi connectivity index (χ0) is 24.2. The van der Waals surface area contributed by atoms with Crippen LogP contribution in [0.2, 0.25) is 0 Å². The highest BCUT2D eigenvalue weighted by molar-refractivity contribution is 9.10. The molecule has 0 spiro atoms. The number of thiazole rings is 1. The minimum atomic E-state index is -0.516. The molecule has 0 aliphatic heterocycles. The Kier molecular flexibility index (Phi) is 6.95. The Bertz CT molecular complexity index is 1470. The second kappa shape index (κ2) is 10.1. The summed E-state index contributed by atoms with van der Waals surface area (Å²) in [6, 6.07) is 15.6. The first kappa shape index (κ1) is 23.5. The van der Waals surface area contributed by atoms with Gasteiger partial charge in [0.15, 0.2) is 4.34 Å². The summed E-state index contributed by atoms with van der Waals surface area (Å²) in [5.41, 5.74) is 3.59. The van der Waals surface area contributed by atoms with Gasteiger partial charge in [-0.1, -0.05) is 39.8 Å². The van der Waals surface area contributed by atoms with Crippen LogP contribution in [0.1, 0.15) is 15.9 Å². The maximum atomic E-state index is 12.2. The number of aromatic nitrogens is 1. The summed E-state index contributed by atoms with van der Waals surface area (Å²) < 4.78 is 1.88. The minimum Gasteiger partial charge on any atom is -0.267 e. The number of carbonyl (C=O) groups excluding carboxylic acids is 1. The lowest BCUT2D eigenvalue weighted by molar-refractivity contribution is -0.387. The van der Waals surface area contributed by atoms with Crippen LogP contribution in [0, 0.1) is 20.2 Å². The standard InChI is InChI=1S/C21H12BrN5O5S2/c22-14-3-1-2-13(9-14)20(28)25-23-11-12-4-7-18(17(8-12)27(31)32)33-21-24-16-6-5-15(26(29)30)10-19(16)34-21/h1-11H,(H,25,28)/b23-11+. The monoisotopic (exact) mass is 557 g/mol. The third kappa shape index (κ3) is 5.44. The molecule has 10 nitrogen and oxygen atoms in total. The first-order valence-electron chi connectivity index (χ1n) is 9.40. The van der Waals surface area contributed by atoms with Crippen molar-refractivity contribution in [2.75, 3.05) is 0 Å². The lowest BCUT2D eigenvalue weighted by Crippen LogP contribution is -2.17. The smallest absolute Gasteiger partial charge is 0.267 e. The van der Waals surface area contributed by atoms with E-state index in [1.54, 1.807) is 42.5 Å². The Morgan fingerprint density at radius 2 is 1.91 bits per heavy atom. The van der Waals surface area contributed by atoms with Crippen molar-refractivity contribution in [3.8, 4) is 0 Å². The van der Waals surface area contributed by atoms with Gasteiger partial charge in [-0.3, -0.25) is 25.0 Å². The molecule has 0 radical (unpaired) electrons. The molecule has 1 heterocycles. The van der Waals surface area contributed by atoms with E-state index >= 15 is 0 Å². The molecule has 0 saturated heterocycles. The number of halogens is 1. The normalized spacial score (nSPS) is 11.1. The Balaban J connectivity index is 1.52. The molecule has 3 aromatic carbocycles. The number of carbonyl (C=O) groups is 1. The molecule has 0 aliphatic rings. The van der Waals surface area contributed by atoms with Gasteiger partial charge in [0.05, 0.1) is 31.2 Å². The number of nitro benzene ring substituents is 2. The quantitative estimate of drug-likeness (QED) is 0.172. The molecule has 34 heavy (non-hydrogen) atoms. The van der Waals surface area contributed by atoms with E-state index in [0.29, 0.717) is 30.6 Å². The third-order valence-corrected chi connectivity index (χ3v) is 7.04. The third-order valence-electron chi connectivity index (χ3n) is 4.41. The van der Waals surface area contributed by atoms with Gasteiger partial charge in [0.25, 0.3) is 17.3 Å². The van der Waals surface area contributed by atoms with Crippen LogP contribution in [0.15, 0.2) is 79.5 Å². The first-order valence-corrected chi connectivity index (χ1v) is 11.8. The fraction of sp³-hybridized carbons (Fsp3) is 0. The Morgan fingerprint density at radius 1 is 1.09 bits per heavy atom. The number of nitro groups is 2. The predicted octanol–water partition coefficient (Wildman–Crippen LogP) is 5.79. The van der Waals surface area contributed by atoms with E-state index < -0.39 is 15.8 Å². The van der Waals surface area contributed by atoms with Gasteiger partial charge in [0.1, 0.15) is 0 Å². The van der Waals surface area contributed by atoms with Crippen molar-refractivity contribution in [1.29, 1.82) is 0 Å². The summed E-state index contributed by atoms with van der Waals surface area (Å²) in [6.45, 7) is 0. The molecule has 0 atom stereocenters. The number of hydrogen-bond donors (Lipinski definition) is 1. The molecule has 0 bridgehead atoms. The van der Waals surface area contributed by atoms with Crippen molar-refractivity contribution in [3.05, 3.63) is 96.5 Å². The number of benzene rings is 3. The van der Waals surface area contributed by atoms with E-state index in [2.05, 4.69) is 31.4 Å². The average Bonchev–Trinajstić information content (AvgIpc) is 3.21. The number of nitrogens with zero attached hydrogens (tertiary/aromatic N) is 4. The van der Waals surface area contributed by atoms with E-state index in [4.69, 9.17) is 0 Å². The maximum Gasteiger partial charge on any atom is 0.283 e. The van der Waals surface area contributed by atoms with Crippen LogP contribution in [0.3, 0.4) is 0 Å². The summed E-state index contributed by atoms with van der Waals surface area (Å²) >= 11 is 5.60. The van der Waals surface area contributed by atoms with Gasteiger partial charge < -0.3 is 0 Å². The molecule has 0 aliphatic carbocycles. The van der Waals surface area contributed by atoms with E-state index in [1.807, 2.05) is 0 Å². The van der Waals surface area contributed by atoms with E-state index in [-0.39, 0.29) is 11.4 Å². The summed E-state index contributed by atoms with van der Waals surface area (Å²) in [4.78, 5) is 38.5. The van der Waals surface area contributed by atoms with Crippen molar-refractivity contribution >= 4 is 72.7 Å². The van der Waals surface area contributed by atoms with Gasteiger partial charge in [-0.15, -0.1) is 11.3 Å². The van der Waals surface area contributed by atoms with Gasteiger partial charge >= 0.3 is 0 Å². The second-order valence-corrected chi connectivity index (χ2v) is 9.92. The van der Waals surface area contributed by atoms with Crippen LogP contribution in [-0.2, 0) is 0 Å². The molecule has 1 amide bonds. The van der Waals surface area contributed by atoms with Gasteiger partial charge in [-0.2, -0.15) is 5.10 Å². The highest BCUT2D eigenvalue weighted by Gasteiger charge is 2.18. The number of hydrogen-bond acceptors (Lipinski definition) is 9. The molecule has 0 unspecified atom stereocenters. The fourth-order valence-electron chi connectivity index (χ4n) is 2.85. The van der Waals surface area contributed by atoms with Crippen LogP contribution in [0.5, 0.6) is 0 Å². The van der Waals surface area contributed by atoms with Crippen LogP contribution in [-0.4, -0.2) is 27.0 Å². The summed E-state index contributed by atoms with van der Waals surface area (Å²) in [5.74, 6) is -0.421. The molecule has 1 N–H and O–H groups in total. The average molecular weight is 558 g/mol. The summed E-state index contributed by atoms with van der Waals surface area (Å²) in [7, 11) is 0. The number of nitrogens with one attached hydrogen (secondary N) is 1. The van der Waals surface area contributed by atoms with Crippen molar-refractivity contribution in [2.24, 2.45) is 5.10 Å². The highest BCUT2D eigenvalue weighted by Crippen LogP contribution is 2.39. The lowest BCUT2D eigenvalue weighted by Gasteiger charge is -2.02. The SMILES string of the molecule is O=C(N/N=C/c1ccc(Sc2nc3ccc([N+](=O)[O-])cc3s2)c([N+](=O)[O-])c1)c1cccc(Br)c1. The van der Waals surface area contributed by atoms with Gasteiger partial charge in [-0.05, 0) is 30.3 Å². The van der Waals surface area contributed by atoms with Crippen LogP contribution < -0.4 is 5.43 Å². The van der Waals surface area contributed by atoms with Crippen molar-refractivity contribution in [2.45, 2.75) is 9.24 Å². The Hall–Kier alpha value is -3.68. The number of amides is 1. The van der Waals surface area contributed by atoms with E-state index in [1.165, 1.54) is 35.8 Å². The molecule has 0 saturated carbocycles. The van der Waals surface area contributed by atoms with Crippen LogP contribution >= 0.6 is 39.0 Å². The van der Waals surface area contributed by atoms with Crippen molar-refractivity contribution < 1.29 is 14.6 Å². The van der Waals surface area contributed by atoms with E-state index in [9.17, 15) is 25.0 Å². The van der Waals surface area contributed by atoms with Gasteiger partial charge in [-0.25, -0.2) is 10.4 Å². The number of non-ortho nitro benzene ring substituents is 1. The molecule has 0 fully saturated rings. The minimum absolute atomic E-state index is 0.0469. The van der Waals surface area contributed by atoms with Gasteiger partial charge in [0.2, 0.25) is 0 Å². The Labute approximate surface area is 208 Å². The van der Waals surface area contributed by atoms with E-state index in [0.717, 1.165) is 16.2 Å². The first-order chi connectivity index (χ1) is 16.3. The van der Waals surface area contributed by atoms with Crippen LogP contribution in [0.4, 0.5) is 11.4 Å². The summed E-state index contributed by atoms with van der Waals surface area (Å²) in [5, 5.41) is 26.5. The molecule has 4 rings (SSSR count). The topological polar surface area (TPSA) is 141 Å². The second-order valence-electron chi connectivity index (χ2n) is 6.68. The molecule has 4 aromatic rings.